The lowest BCUT2D eigenvalue weighted by molar-refractivity contribution is -0.137. The van der Waals surface area contributed by atoms with Crippen LogP contribution in [0.2, 0.25) is 5.02 Å². The van der Waals surface area contributed by atoms with Gasteiger partial charge in [-0.05, 0) is 61.0 Å². The highest BCUT2D eigenvalue weighted by molar-refractivity contribution is 6.30. The summed E-state index contributed by atoms with van der Waals surface area (Å²) in [5.41, 5.74) is 0.486. The molecule has 13 heteroatoms. The molecule has 0 bridgehead atoms. The zero-order valence-corrected chi connectivity index (χ0v) is 20.0. The second-order valence-electron chi connectivity index (χ2n) is 8.57. The normalized spacial score (nSPS) is 17.9. The van der Waals surface area contributed by atoms with Crippen molar-refractivity contribution >= 4 is 23.4 Å². The zero-order valence-electron chi connectivity index (χ0n) is 19.2. The number of aromatic nitrogens is 5. The predicted molar refractivity (Wildman–Crippen MR) is 124 cm³/mol. The lowest BCUT2D eigenvalue weighted by atomic mass is 9.97. The average molecular weight is 535 g/mol. The second-order valence-corrected chi connectivity index (χ2v) is 9.01. The van der Waals surface area contributed by atoms with Crippen molar-refractivity contribution in [2.45, 2.75) is 38.3 Å². The van der Waals surface area contributed by atoms with E-state index in [2.05, 4.69) is 15.4 Å². The Balaban J connectivity index is 1.49. The molecule has 0 unspecified atom stereocenters. The van der Waals surface area contributed by atoms with E-state index in [1.165, 1.54) is 33.8 Å². The number of cyclic esters (lactones) is 1. The molecule has 1 saturated heterocycles. The van der Waals surface area contributed by atoms with Gasteiger partial charge in [0.2, 0.25) is 0 Å². The van der Waals surface area contributed by atoms with Crippen LogP contribution in [-0.4, -0.2) is 37.0 Å². The molecule has 2 aromatic heterocycles. The van der Waals surface area contributed by atoms with Crippen molar-refractivity contribution in [1.82, 2.24) is 24.8 Å². The maximum absolute atomic E-state index is 14.4. The molecule has 1 fully saturated rings. The van der Waals surface area contributed by atoms with Gasteiger partial charge in [-0.15, -0.1) is 5.10 Å². The second kappa shape index (κ2) is 9.51. The van der Waals surface area contributed by atoms with Crippen LogP contribution in [0.1, 0.15) is 28.6 Å². The predicted octanol–water partition coefficient (Wildman–Crippen LogP) is 5.41. The van der Waals surface area contributed by atoms with Crippen LogP contribution in [0.5, 0.6) is 0 Å². The summed E-state index contributed by atoms with van der Waals surface area (Å²) in [7, 11) is 0. The summed E-state index contributed by atoms with van der Waals surface area (Å²) in [4.78, 5) is 14.1. The number of halogens is 5. The molecule has 0 spiro atoms. The van der Waals surface area contributed by atoms with Gasteiger partial charge < -0.3 is 4.74 Å². The Kier molecular flexibility index (Phi) is 6.36. The topological polar surface area (TPSA) is 78.1 Å². The van der Waals surface area contributed by atoms with Crippen LogP contribution < -0.4 is 4.90 Å². The van der Waals surface area contributed by atoms with Crippen LogP contribution in [0.15, 0.2) is 60.9 Å². The zero-order chi connectivity index (χ0) is 26.3. The minimum absolute atomic E-state index is 0.0382. The fraction of sp³-hybridized carbons (Fsp3) is 0.250. The van der Waals surface area contributed by atoms with Crippen LogP contribution in [0.3, 0.4) is 0 Å². The van der Waals surface area contributed by atoms with Crippen molar-refractivity contribution in [2.75, 3.05) is 4.90 Å². The Morgan fingerprint density at radius 1 is 1.08 bits per heavy atom. The largest absolute Gasteiger partial charge is 0.441 e. The van der Waals surface area contributed by atoms with Gasteiger partial charge in [-0.1, -0.05) is 16.8 Å². The smallest absolute Gasteiger partial charge is 0.416 e. The van der Waals surface area contributed by atoms with Crippen molar-refractivity contribution in [3.8, 4) is 0 Å². The minimum atomic E-state index is -4.79. The molecule has 5 rings (SSSR count). The number of amides is 1. The Labute approximate surface area is 213 Å². The standard InChI is InChI=1S/C24H19ClF4N6O2/c1-14-6-7-33(31-14)11-19-12-34(32-30-19)13-21-22(15-8-16(24(27,28)29)10-18(26)9-15)35(23(36)37-21)20-4-2-17(25)3-5-20/h2-10,12,21-22H,11,13H2,1H3/t21-,22-/m0/s1. The first kappa shape index (κ1) is 24.8. The van der Waals surface area contributed by atoms with Crippen molar-refractivity contribution in [3.05, 3.63) is 94.3 Å². The van der Waals surface area contributed by atoms with Gasteiger partial charge in [0.1, 0.15) is 23.7 Å². The highest BCUT2D eigenvalue weighted by atomic mass is 35.5. The first-order chi connectivity index (χ1) is 17.6. The van der Waals surface area contributed by atoms with Gasteiger partial charge in [-0.2, -0.15) is 18.3 Å². The number of nitrogens with zero attached hydrogens (tertiary/aromatic N) is 6. The van der Waals surface area contributed by atoms with Crippen molar-refractivity contribution in [3.63, 3.8) is 0 Å². The Hall–Kier alpha value is -3.93. The fourth-order valence-corrected chi connectivity index (χ4v) is 4.37. The summed E-state index contributed by atoms with van der Waals surface area (Å²) in [6, 6.07) is 9.06. The van der Waals surface area contributed by atoms with Crippen LogP contribution in [-0.2, 0) is 24.0 Å². The van der Waals surface area contributed by atoms with Crippen LogP contribution in [0.25, 0.3) is 0 Å². The van der Waals surface area contributed by atoms with Gasteiger partial charge in [0, 0.05) is 16.9 Å². The quantitative estimate of drug-likeness (QED) is 0.309. The van der Waals surface area contributed by atoms with Gasteiger partial charge in [0.25, 0.3) is 0 Å². The summed E-state index contributed by atoms with van der Waals surface area (Å²) in [5, 5.41) is 12.9. The van der Waals surface area contributed by atoms with Crippen molar-refractivity contribution in [1.29, 1.82) is 0 Å². The molecule has 37 heavy (non-hydrogen) atoms. The number of ether oxygens (including phenoxy) is 1. The number of carbonyl (C=O) groups excluding carboxylic acids is 1. The lowest BCUT2D eigenvalue weighted by Gasteiger charge is -2.26. The number of aryl methyl sites for hydroxylation is 1. The molecule has 0 radical (unpaired) electrons. The number of hydrogen-bond acceptors (Lipinski definition) is 5. The lowest BCUT2D eigenvalue weighted by Crippen LogP contribution is -2.31. The third-order valence-electron chi connectivity index (χ3n) is 5.82. The number of alkyl halides is 3. The molecule has 0 N–H and O–H groups in total. The van der Waals surface area contributed by atoms with E-state index in [9.17, 15) is 22.4 Å². The van der Waals surface area contributed by atoms with Crippen LogP contribution >= 0.6 is 11.6 Å². The molecule has 0 aliphatic carbocycles. The van der Waals surface area contributed by atoms with E-state index in [-0.39, 0.29) is 12.1 Å². The van der Waals surface area contributed by atoms with E-state index in [4.69, 9.17) is 16.3 Å². The summed E-state index contributed by atoms with van der Waals surface area (Å²) in [6.45, 7) is 2.16. The van der Waals surface area contributed by atoms with E-state index in [1.807, 2.05) is 13.0 Å². The summed E-state index contributed by atoms with van der Waals surface area (Å²) in [6.07, 6.45) is -3.18. The number of anilines is 1. The molecule has 2 aromatic carbocycles. The Bertz CT molecular complexity index is 1440. The average Bonchev–Trinajstić information content (AvgIpc) is 3.53. The van der Waals surface area contributed by atoms with Crippen LogP contribution in [0, 0.1) is 12.7 Å². The highest BCUT2D eigenvalue weighted by Gasteiger charge is 2.45. The SMILES string of the molecule is Cc1ccn(Cc2cn(C[C@@H]3OC(=O)N(c4ccc(Cl)cc4)[C@H]3c3cc(F)cc(C(F)(F)F)c3)nn2)n1. The minimum Gasteiger partial charge on any atom is -0.441 e. The molecular formula is C24H19ClF4N6O2. The summed E-state index contributed by atoms with van der Waals surface area (Å²) in [5.74, 6) is -1.09. The monoisotopic (exact) mass is 534 g/mol. The number of rotatable bonds is 6. The first-order valence-electron chi connectivity index (χ1n) is 11.1. The molecule has 8 nitrogen and oxygen atoms in total. The summed E-state index contributed by atoms with van der Waals surface area (Å²) >= 11 is 5.96. The van der Waals surface area contributed by atoms with Gasteiger partial charge >= 0.3 is 12.3 Å². The third kappa shape index (κ3) is 5.29. The molecule has 1 amide bonds. The Morgan fingerprint density at radius 3 is 2.51 bits per heavy atom. The van der Waals surface area contributed by atoms with E-state index in [1.54, 1.807) is 17.1 Å². The van der Waals surface area contributed by atoms with Gasteiger partial charge in [0.05, 0.1) is 30.5 Å². The maximum atomic E-state index is 14.4. The molecule has 2 atom stereocenters. The molecule has 3 heterocycles. The molecular weight excluding hydrogens is 516 g/mol. The summed E-state index contributed by atoms with van der Waals surface area (Å²) < 4.78 is 63.5. The van der Waals surface area contributed by atoms with Crippen LogP contribution in [0.4, 0.5) is 28.0 Å². The van der Waals surface area contributed by atoms with E-state index >= 15 is 0 Å². The van der Waals surface area contributed by atoms with E-state index in [0.717, 1.165) is 17.8 Å². The molecule has 4 aromatic rings. The van der Waals surface area contributed by atoms with Crippen molar-refractivity contribution in [2.24, 2.45) is 0 Å². The van der Waals surface area contributed by atoms with E-state index in [0.29, 0.717) is 29.0 Å². The first-order valence-corrected chi connectivity index (χ1v) is 11.5. The Morgan fingerprint density at radius 2 is 1.84 bits per heavy atom. The molecule has 1 aliphatic rings. The van der Waals surface area contributed by atoms with Crippen molar-refractivity contribution < 1.29 is 27.1 Å². The molecule has 0 saturated carbocycles. The highest BCUT2D eigenvalue weighted by Crippen LogP contribution is 2.40. The maximum Gasteiger partial charge on any atom is 0.416 e. The number of hydrogen-bond donors (Lipinski definition) is 0. The van der Waals surface area contributed by atoms with Gasteiger partial charge in [0.15, 0.2) is 0 Å². The number of carbonyl (C=O) groups is 1. The van der Waals surface area contributed by atoms with Gasteiger partial charge in [-0.3, -0.25) is 9.58 Å². The van der Waals surface area contributed by atoms with Gasteiger partial charge in [-0.25, -0.2) is 13.9 Å². The third-order valence-corrected chi connectivity index (χ3v) is 6.08. The molecule has 1 aliphatic heterocycles. The number of benzene rings is 2. The van der Waals surface area contributed by atoms with E-state index < -0.39 is 35.8 Å². The molecule has 192 valence electrons. The fourth-order valence-electron chi connectivity index (χ4n) is 4.25.